The van der Waals surface area contributed by atoms with E-state index in [9.17, 15) is 9.59 Å². The molecular weight excluding hydrogens is 482 g/mol. The molecule has 1 aromatic rings. The van der Waals surface area contributed by atoms with Gasteiger partial charge in [-0.25, -0.2) is 0 Å². The largest absolute Gasteiger partial charge is 0.481 e. The van der Waals surface area contributed by atoms with Gasteiger partial charge in [0, 0.05) is 17.5 Å². The maximum atomic E-state index is 11.8. The minimum Gasteiger partial charge on any atom is -0.481 e. The van der Waals surface area contributed by atoms with Crippen LogP contribution in [0.2, 0.25) is 0 Å². The number of hydrogen-bond acceptors (Lipinski definition) is 3. The van der Waals surface area contributed by atoms with E-state index in [2.05, 4.69) is 27.7 Å². The summed E-state index contributed by atoms with van der Waals surface area (Å²) in [7, 11) is 0. The molecule has 39 heavy (non-hydrogen) atoms. The molecule has 0 spiro atoms. The van der Waals surface area contributed by atoms with Crippen molar-refractivity contribution in [1.29, 1.82) is 0 Å². The second-order valence-corrected chi connectivity index (χ2v) is 12.2. The summed E-state index contributed by atoms with van der Waals surface area (Å²) < 4.78 is 0. The molecule has 0 saturated heterocycles. The van der Waals surface area contributed by atoms with Crippen LogP contribution < -0.4 is 5.73 Å². The maximum absolute atomic E-state index is 11.8. The number of ketones is 1. The molecule has 0 heterocycles. The van der Waals surface area contributed by atoms with Crippen LogP contribution in [0.3, 0.4) is 0 Å². The summed E-state index contributed by atoms with van der Waals surface area (Å²) in [4.78, 5) is 22.3. The highest BCUT2D eigenvalue weighted by molar-refractivity contribution is 5.97. The van der Waals surface area contributed by atoms with Crippen LogP contribution in [-0.4, -0.2) is 22.4 Å². The van der Waals surface area contributed by atoms with Crippen LogP contribution in [0.5, 0.6) is 0 Å². The van der Waals surface area contributed by atoms with Gasteiger partial charge in [-0.15, -0.1) is 0 Å². The van der Waals surface area contributed by atoms with Crippen molar-refractivity contribution in [2.24, 2.45) is 5.73 Å². The summed E-state index contributed by atoms with van der Waals surface area (Å²) in [6, 6.07) is 7.66. The lowest BCUT2D eigenvalue weighted by molar-refractivity contribution is -0.136. The number of aryl methyl sites for hydroxylation is 1. The normalized spacial score (nSPS) is 11.2. The molecule has 0 fully saturated rings. The lowest BCUT2D eigenvalue weighted by atomic mass is 9.97. The highest BCUT2D eigenvalue weighted by Crippen LogP contribution is 2.15. The van der Waals surface area contributed by atoms with Crippen molar-refractivity contribution in [2.75, 3.05) is 0 Å². The molecule has 0 aliphatic rings. The standard InChI is InChI=1S/C22H34O3.C13H29N/c1-2-3-4-5-6-7-8-9-10-11-12-19-13-15-20(16-14-19)21(23)17-18-22(24)25;1-4-5-6-7-8-9-10-11-12-13(2,3)14/h13-16H,2-12,17-18H2,1H3,(H,24,25);4-12,14H2,1-3H3. The van der Waals surface area contributed by atoms with E-state index in [0.717, 1.165) is 6.42 Å². The summed E-state index contributed by atoms with van der Waals surface area (Å²) >= 11 is 0. The molecule has 0 atom stereocenters. The molecule has 4 nitrogen and oxygen atoms in total. The smallest absolute Gasteiger partial charge is 0.303 e. The quantitative estimate of drug-likeness (QED) is 0.1000. The Morgan fingerprint density at radius 1 is 0.641 bits per heavy atom. The average Bonchev–Trinajstić information content (AvgIpc) is 2.90. The van der Waals surface area contributed by atoms with Crippen LogP contribution in [0.25, 0.3) is 0 Å². The third-order valence-electron chi connectivity index (χ3n) is 7.34. The van der Waals surface area contributed by atoms with Crippen LogP contribution in [0, 0.1) is 0 Å². The average molecular weight is 546 g/mol. The molecule has 1 rings (SSSR count). The molecule has 0 aliphatic carbocycles. The predicted octanol–water partition coefficient (Wildman–Crippen LogP) is 10.5. The third kappa shape index (κ3) is 26.3. The van der Waals surface area contributed by atoms with Gasteiger partial charge in [0.1, 0.15) is 0 Å². The summed E-state index contributed by atoms with van der Waals surface area (Å²) in [6.45, 7) is 8.76. The Balaban J connectivity index is 0.000000876. The Labute approximate surface area is 241 Å². The van der Waals surface area contributed by atoms with Crippen LogP contribution in [0.15, 0.2) is 24.3 Å². The summed E-state index contributed by atoms with van der Waals surface area (Å²) in [5.41, 5.74) is 7.84. The molecule has 1 aromatic carbocycles. The summed E-state index contributed by atoms with van der Waals surface area (Å²) in [6.07, 6.45) is 26.7. The number of hydrogen-bond donors (Lipinski definition) is 2. The topological polar surface area (TPSA) is 80.4 Å². The first-order chi connectivity index (χ1) is 18.7. The molecule has 3 N–H and O–H groups in total. The van der Waals surface area contributed by atoms with E-state index in [1.54, 1.807) is 0 Å². The number of carboxylic acid groups (broad SMARTS) is 1. The first kappa shape index (κ1) is 37.3. The van der Waals surface area contributed by atoms with Gasteiger partial charge >= 0.3 is 5.97 Å². The number of unbranched alkanes of at least 4 members (excludes halogenated alkanes) is 16. The van der Waals surface area contributed by atoms with Gasteiger partial charge in [0.05, 0.1) is 6.42 Å². The first-order valence-corrected chi connectivity index (χ1v) is 16.3. The van der Waals surface area contributed by atoms with Gasteiger partial charge in [-0.3, -0.25) is 9.59 Å². The van der Waals surface area contributed by atoms with Crippen molar-refractivity contribution in [1.82, 2.24) is 0 Å². The second-order valence-electron chi connectivity index (χ2n) is 12.2. The fourth-order valence-corrected chi connectivity index (χ4v) is 4.75. The zero-order valence-corrected chi connectivity index (χ0v) is 26.2. The molecule has 226 valence electrons. The minimum absolute atomic E-state index is 0.0439. The van der Waals surface area contributed by atoms with Crippen LogP contribution in [0.1, 0.15) is 178 Å². The van der Waals surface area contributed by atoms with Crippen molar-refractivity contribution < 1.29 is 14.7 Å². The second kappa shape index (κ2) is 25.3. The van der Waals surface area contributed by atoms with Crippen molar-refractivity contribution in [3.8, 4) is 0 Å². The van der Waals surface area contributed by atoms with E-state index in [1.165, 1.54) is 128 Å². The van der Waals surface area contributed by atoms with Gasteiger partial charge in [0.2, 0.25) is 0 Å². The van der Waals surface area contributed by atoms with Gasteiger partial charge in [-0.1, -0.05) is 147 Å². The lowest BCUT2D eigenvalue weighted by Gasteiger charge is -2.17. The molecule has 0 unspecified atom stereocenters. The highest BCUT2D eigenvalue weighted by Gasteiger charge is 2.09. The zero-order chi connectivity index (χ0) is 29.2. The van der Waals surface area contributed by atoms with Crippen molar-refractivity contribution in [3.05, 3.63) is 35.4 Å². The van der Waals surface area contributed by atoms with Gasteiger partial charge in [-0.05, 0) is 38.7 Å². The van der Waals surface area contributed by atoms with Crippen LogP contribution in [-0.2, 0) is 11.2 Å². The Bertz CT molecular complexity index is 706. The maximum Gasteiger partial charge on any atom is 0.303 e. The number of Topliss-reactive ketones (excluding diaryl/α,β-unsaturated/α-hetero) is 1. The van der Waals surface area contributed by atoms with Gasteiger partial charge < -0.3 is 10.8 Å². The predicted molar refractivity (Wildman–Crippen MR) is 169 cm³/mol. The van der Waals surface area contributed by atoms with Crippen LogP contribution >= 0.6 is 0 Å². The Morgan fingerprint density at radius 2 is 1.05 bits per heavy atom. The number of carboxylic acids is 1. The van der Waals surface area contributed by atoms with Crippen LogP contribution in [0.4, 0.5) is 0 Å². The highest BCUT2D eigenvalue weighted by atomic mass is 16.4. The molecule has 4 heteroatoms. The number of rotatable bonds is 24. The molecule has 0 amide bonds. The molecule has 0 bridgehead atoms. The van der Waals surface area contributed by atoms with E-state index >= 15 is 0 Å². The molecule has 0 aliphatic heterocycles. The Hall–Kier alpha value is -1.68. The fraction of sp³-hybridized carbons (Fsp3) is 0.771. The number of aliphatic carboxylic acids is 1. The Morgan fingerprint density at radius 3 is 1.46 bits per heavy atom. The van der Waals surface area contributed by atoms with Gasteiger partial charge in [0.25, 0.3) is 0 Å². The van der Waals surface area contributed by atoms with E-state index in [0.29, 0.717) is 5.56 Å². The zero-order valence-electron chi connectivity index (χ0n) is 26.2. The third-order valence-corrected chi connectivity index (χ3v) is 7.34. The van der Waals surface area contributed by atoms with Crippen molar-refractivity contribution >= 4 is 11.8 Å². The number of benzene rings is 1. The first-order valence-electron chi connectivity index (χ1n) is 16.3. The number of carbonyl (C=O) groups excluding carboxylic acids is 1. The van der Waals surface area contributed by atoms with Crippen molar-refractivity contribution in [3.63, 3.8) is 0 Å². The van der Waals surface area contributed by atoms with E-state index < -0.39 is 5.97 Å². The minimum atomic E-state index is -0.925. The molecular formula is C35H63NO3. The molecule has 0 radical (unpaired) electrons. The van der Waals surface area contributed by atoms with Gasteiger partial charge in [0.15, 0.2) is 5.78 Å². The fourth-order valence-electron chi connectivity index (χ4n) is 4.75. The van der Waals surface area contributed by atoms with Gasteiger partial charge in [-0.2, -0.15) is 0 Å². The van der Waals surface area contributed by atoms with E-state index in [-0.39, 0.29) is 24.2 Å². The lowest BCUT2D eigenvalue weighted by Crippen LogP contribution is -2.31. The number of carbonyl (C=O) groups is 2. The monoisotopic (exact) mass is 545 g/mol. The van der Waals surface area contributed by atoms with E-state index in [1.807, 2.05) is 24.3 Å². The number of nitrogens with two attached hydrogens (primary N) is 1. The SMILES string of the molecule is CCCCCCCCCCC(C)(C)N.CCCCCCCCCCCCc1ccc(C(=O)CCC(=O)O)cc1. The van der Waals surface area contributed by atoms with Crippen molar-refractivity contribution in [2.45, 2.75) is 174 Å². The molecule has 0 aromatic heterocycles. The Kier molecular flexibility index (Phi) is 24.2. The summed E-state index contributed by atoms with van der Waals surface area (Å²) in [5, 5.41) is 8.62. The summed E-state index contributed by atoms with van der Waals surface area (Å²) in [5.74, 6) is -1.01. The molecule has 0 saturated carbocycles. The van der Waals surface area contributed by atoms with E-state index in [4.69, 9.17) is 10.8 Å².